The Morgan fingerprint density at radius 2 is 2.18 bits per heavy atom. The van der Waals surface area contributed by atoms with Crippen LogP contribution < -0.4 is 5.32 Å². The highest BCUT2D eigenvalue weighted by Gasteiger charge is 2.08. The average Bonchev–Trinajstić information content (AvgIpc) is 2.08. The predicted molar refractivity (Wildman–Crippen MR) is 51.2 cm³/mol. The first-order valence-corrected chi connectivity index (χ1v) is 4.60. The summed E-state index contributed by atoms with van der Waals surface area (Å²) in [5.41, 5.74) is 0. The molecule has 1 rings (SSSR count). The van der Waals surface area contributed by atoms with E-state index in [0.29, 0.717) is 6.04 Å². The van der Waals surface area contributed by atoms with Gasteiger partial charge in [0.05, 0.1) is 5.84 Å². The molecule has 11 heavy (non-hydrogen) atoms. The third-order valence-electron chi connectivity index (χ3n) is 1.73. The molecule has 0 aromatic carbocycles. The Balaban J connectivity index is 0.000000461. The van der Waals surface area contributed by atoms with Crippen LogP contribution in [0, 0.1) is 0 Å². The molecule has 1 N–H and O–H groups in total. The summed E-state index contributed by atoms with van der Waals surface area (Å²) in [6.45, 7) is 9.25. The Morgan fingerprint density at radius 1 is 1.55 bits per heavy atom. The van der Waals surface area contributed by atoms with E-state index in [2.05, 4.69) is 17.2 Å². The second-order valence-electron chi connectivity index (χ2n) is 2.51. The maximum atomic E-state index is 4.23. The summed E-state index contributed by atoms with van der Waals surface area (Å²) in [6, 6.07) is 0.683. The summed E-state index contributed by atoms with van der Waals surface area (Å²) in [6.07, 6.45) is 2.42. The zero-order valence-corrected chi connectivity index (χ0v) is 8.15. The number of aliphatic imine (C=N–C) groups is 1. The molecule has 1 unspecified atom stereocenters. The van der Waals surface area contributed by atoms with Gasteiger partial charge in [-0.1, -0.05) is 20.8 Å². The molecule has 2 heteroatoms. The van der Waals surface area contributed by atoms with Crippen LogP contribution in [-0.4, -0.2) is 18.4 Å². The number of nitrogens with one attached hydrogen (secondary N) is 1. The molecule has 0 bridgehead atoms. The van der Waals surface area contributed by atoms with Gasteiger partial charge in [-0.05, 0) is 19.8 Å². The summed E-state index contributed by atoms with van der Waals surface area (Å²) in [5, 5.41) is 3.32. The fraction of sp³-hybridized carbons (Fsp3) is 0.889. The van der Waals surface area contributed by atoms with Crippen molar-refractivity contribution in [3.8, 4) is 0 Å². The lowest BCUT2D eigenvalue weighted by Gasteiger charge is -2.21. The number of amidine groups is 1. The van der Waals surface area contributed by atoms with E-state index in [4.69, 9.17) is 0 Å². The van der Waals surface area contributed by atoms with Gasteiger partial charge in [0.1, 0.15) is 0 Å². The summed E-state index contributed by atoms with van der Waals surface area (Å²) in [5.74, 6) is 1.10. The Labute approximate surface area is 70.1 Å². The lowest BCUT2D eigenvalue weighted by atomic mass is 10.1. The van der Waals surface area contributed by atoms with Crippen LogP contribution in [0.25, 0.3) is 0 Å². The fourth-order valence-electron chi connectivity index (χ4n) is 1.11. The van der Waals surface area contributed by atoms with Crippen LogP contribution in [0.1, 0.15) is 40.5 Å². The van der Waals surface area contributed by atoms with Crippen LogP contribution in [0.2, 0.25) is 0 Å². The second kappa shape index (κ2) is 6.20. The van der Waals surface area contributed by atoms with Crippen molar-refractivity contribution in [2.24, 2.45) is 4.99 Å². The summed E-state index contributed by atoms with van der Waals surface area (Å²) < 4.78 is 0. The van der Waals surface area contributed by atoms with E-state index >= 15 is 0 Å². The van der Waals surface area contributed by atoms with Gasteiger partial charge in [-0.25, -0.2) is 0 Å². The van der Waals surface area contributed by atoms with Gasteiger partial charge < -0.3 is 5.32 Å². The van der Waals surface area contributed by atoms with Crippen molar-refractivity contribution < 1.29 is 0 Å². The van der Waals surface area contributed by atoms with Crippen LogP contribution >= 0.6 is 0 Å². The number of hydrogen-bond acceptors (Lipinski definition) is 2. The molecule has 0 radical (unpaired) electrons. The van der Waals surface area contributed by atoms with E-state index in [1.165, 1.54) is 12.8 Å². The lowest BCUT2D eigenvalue weighted by Crippen LogP contribution is -2.36. The van der Waals surface area contributed by atoms with Gasteiger partial charge in [0.15, 0.2) is 0 Å². The van der Waals surface area contributed by atoms with Gasteiger partial charge in [0.2, 0.25) is 0 Å². The number of nitrogens with zero attached hydrogens (tertiary/aromatic N) is 1. The maximum Gasteiger partial charge on any atom is 0.0933 e. The highest BCUT2D eigenvalue weighted by molar-refractivity contribution is 5.80. The monoisotopic (exact) mass is 156 g/mol. The molecule has 0 aromatic heterocycles. The molecule has 0 spiro atoms. The molecular weight excluding hydrogens is 136 g/mol. The highest BCUT2D eigenvalue weighted by atomic mass is 15.0. The summed E-state index contributed by atoms with van der Waals surface area (Å²) in [7, 11) is 0. The Morgan fingerprint density at radius 3 is 2.55 bits per heavy atom. The first-order chi connectivity index (χ1) is 5.33. The topological polar surface area (TPSA) is 24.4 Å². The van der Waals surface area contributed by atoms with Crippen LogP contribution in [0.15, 0.2) is 4.99 Å². The largest absolute Gasteiger partial charge is 0.371 e. The SMILES string of the molecule is CC.CCC1CCN=C(C)N1. The molecule has 1 heterocycles. The molecule has 0 amide bonds. The zero-order valence-electron chi connectivity index (χ0n) is 8.15. The zero-order chi connectivity index (χ0) is 8.69. The van der Waals surface area contributed by atoms with Crippen molar-refractivity contribution in [2.45, 2.75) is 46.6 Å². The molecule has 1 atom stereocenters. The third kappa shape index (κ3) is 4.02. The van der Waals surface area contributed by atoms with Crippen molar-refractivity contribution in [1.29, 1.82) is 0 Å². The third-order valence-corrected chi connectivity index (χ3v) is 1.73. The first kappa shape index (κ1) is 10.5. The highest BCUT2D eigenvalue weighted by Crippen LogP contribution is 2.02. The van der Waals surface area contributed by atoms with Gasteiger partial charge in [-0.3, -0.25) is 4.99 Å². The van der Waals surface area contributed by atoms with Crippen molar-refractivity contribution in [3.63, 3.8) is 0 Å². The molecule has 1 aliphatic rings. The Hall–Kier alpha value is -0.530. The van der Waals surface area contributed by atoms with Gasteiger partial charge in [0, 0.05) is 12.6 Å². The van der Waals surface area contributed by atoms with Gasteiger partial charge in [-0.15, -0.1) is 0 Å². The van der Waals surface area contributed by atoms with E-state index in [0.717, 1.165) is 12.4 Å². The van der Waals surface area contributed by atoms with Crippen LogP contribution in [0.4, 0.5) is 0 Å². The first-order valence-electron chi connectivity index (χ1n) is 4.60. The smallest absolute Gasteiger partial charge is 0.0933 e. The van der Waals surface area contributed by atoms with E-state index in [-0.39, 0.29) is 0 Å². The molecule has 0 aromatic rings. The minimum atomic E-state index is 0.683. The number of rotatable bonds is 1. The second-order valence-corrected chi connectivity index (χ2v) is 2.51. The summed E-state index contributed by atoms with van der Waals surface area (Å²) >= 11 is 0. The van der Waals surface area contributed by atoms with Gasteiger partial charge in [0.25, 0.3) is 0 Å². The quantitative estimate of drug-likeness (QED) is 0.618. The van der Waals surface area contributed by atoms with Gasteiger partial charge >= 0.3 is 0 Å². The van der Waals surface area contributed by atoms with Crippen molar-refractivity contribution in [2.75, 3.05) is 6.54 Å². The number of hydrogen-bond donors (Lipinski definition) is 1. The molecule has 66 valence electrons. The molecule has 0 fully saturated rings. The minimum absolute atomic E-state index is 0.683. The van der Waals surface area contributed by atoms with E-state index in [9.17, 15) is 0 Å². The van der Waals surface area contributed by atoms with Crippen LogP contribution in [0.3, 0.4) is 0 Å². The van der Waals surface area contributed by atoms with Crippen molar-refractivity contribution in [1.82, 2.24) is 5.32 Å². The Kier molecular flexibility index (Phi) is 5.90. The standard InChI is InChI=1S/C7H14N2.C2H6/c1-3-7-4-5-8-6(2)9-7;1-2/h7H,3-5H2,1-2H3,(H,8,9);1-2H3. The molecule has 0 aliphatic carbocycles. The van der Waals surface area contributed by atoms with E-state index in [1.54, 1.807) is 0 Å². The Bertz CT molecular complexity index is 119. The molecule has 0 saturated carbocycles. The lowest BCUT2D eigenvalue weighted by molar-refractivity contribution is 0.528. The summed E-state index contributed by atoms with van der Waals surface area (Å²) in [4.78, 5) is 4.23. The molecule has 2 nitrogen and oxygen atoms in total. The normalized spacial score (nSPS) is 22.5. The van der Waals surface area contributed by atoms with Crippen LogP contribution in [0.5, 0.6) is 0 Å². The van der Waals surface area contributed by atoms with E-state index < -0.39 is 0 Å². The molecule has 1 aliphatic heterocycles. The average molecular weight is 156 g/mol. The van der Waals surface area contributed by atoms with Crippen molar-refractivity contribution >= 4 is 5.84 Å². The van der Waals surface area contributed by atoms with E-state index in [1.807, 2.05) is 20.8 Å². The molecular formula is C9H20N2. The minimum Gasteiger partial charge on any atom is -0.371 e. The predicted octanol–water partition coefficient (Wildman–Crippen LogP) is 2.20. The van der Waals surface area contributed by atoms with Crippen molar-refractivity contribution in [3.05, 3.63) is 0 Å². The van der Waals surface area contributed by atoms with Crippen LogP contribution in [-0.2, 0) is 0 Å². The maximum absolute atomic E-state index is 4.23. The van der Waals surface area contributed by atoms with Gasteiger partial charge in [-0.2, -0.15) is 0 Å². The fourth-order valence-corrected chi connectivity index (χ4v) is 1.11. The molecule has 0 saturated heterocycles.